The number of nitrogens with zero attached hydrogens (tertiary/aromatic N) is 1. The minimum atomic E-state index is -1.03. The molecule has 6 nitrogen and oxygen atoms in total. The van der Waals surface area contributed by atoms with E-state index in [-0.39, 0.29) is 13.3 Å². The predicted octanol–water partition coefficient (Wildman–Crippen LogP) is -0.704. The summed E-state index contributed by atoms with van der Waals surface area (Å²) in [7, 11) is 1.51. The Morgan fingerprint density at radius 1 is 1.47 bits per heavy atom. The van der Waals surface area contributed by atoms with Gasteiger partial charge in [-0.05, 0) is 0 Å². The largest absolute Gasteiger partial charge is 0.382 e. The first-order chi connectivity index (χ1) is 7.15. The Morgan fingerprint density at radius 3 is 2.87 bits per heavy atom. The molecule has 0 unspecified atom stereocenters. The number of methoxy groups -OCH3 is 1. The number of aromatic nitrogens is 2. The molecule has 0 spiro atoms. The number of H-pyrrole nitrogens is 1. The second-order valence-corrected chi connectivity index (χ2v) is 2.74. The van der Waals surface area contributed by atoms with Crippen molar-refractivity contribution in [3.63, 3.8) is 0 Å². The van der Waals surface area contributed by atoms with Crippen molar-refractivity contribution in [1.82, 2.24) is 9.55 Å². The number of aromatic amines is 1. The van der Waals surface area contributed by atoms with E-state index in [4.69, 9.17) is 9.47 Å². The molecule has 1 heterocycles. The molecule has 0 radical (unpaired) electrons. The summed E-state index contributed by atoms with van der Waals surface area (Å²) in [6.45, 7) is 0.528. The molecule has 0 saturated carbocycles. The van der Waals surface area contributed by atoms with E-state index in [0.29, 0.717) is 6.61 Å². The summed E-state index contributed by atoms with van der Waals surface area (Å²) >= 11 is 0. The Balaban J connectivity index is 2.66. The van der Waals surface area contributed by atoms with Crippen molar-refractivity contribution in [2.24, 2.45) is 0 Å². The molecule has 15 heavy (non-hydrogen) atoms. The van der Waals surface area contributed by atoms with Crippen LogP contribution in [0.5, 0.6) is 0 Å². The molecule has 0 fully saturated rings. The normalized spacial score (nSPS) is 10.5. The van der Waals surface area contributed by atoms with Crippen LogP contribution in [-0.2, 0) is 16.2 Å². The van der Waals surface area contributed by atoms with Gasteiger partial charge in [-0.15, -0.1) is 0 Å². The average Bonchev–Trinajstić information content (AvgIpc) is 2.20. The van der Waals surface area contributed by atoms with Gasteiger partial charge in [0.05, 0.1) is 19.4 Å². The van der Waals surface area contributed by atoms with Gasteiger partial charge in [-0.1, -0.05) is 0 Å². The van der Waals surface area contributed by atoms with Gasteiger partial charge in [-0.25, -0.2) is 4.79 Å². The molecule has 7 heteroatoms. The molecule has 0 aliphatic rings. The predicted molar refractivity (Wildman–Crippen MR) is 49.1 cm³/mol. The average molecular weight is 218 g/mol. The topological polar surface area (TPSA) is 73.3 Å². The van der Waals surface area contributed by atoms with Crippen molar-refractivity contribution >= 4 is 0 Å². The van der Waals surface area contributed by atoms with Crippen LogP contribution >= 0.6 is 0 Å². The van der Waals surface area contributed by atoms with Crippen LogP contribution in [0.15, 0.2) is 15.8 Å². The van der Waals surface area contributed by atoms with Gasteiger partial charge in [0.25, 0.3) is 5.56 Å². The molecule has 0 saturated heterocycles. The monoisotopic (exact) mass is 218 g/mol. The SMILES string of the molecule is COCCOCn1cc(F)c(=O)[nH]c1=O. The van der Waals surface area contributed by atoms with Crippen LogP contribution in [-0.4, -0.2) is 29.9 Å². The first-order valence-corrected chi connectivity index (χ1v) is 4.21. The van der Waals surface area contributed by atoms with Gasteiger partial charge in [0.15, 0.2) is 0 Å². The van der Waals surface area contributed by atoms with Crippen LogP contribution in [0.3, 0.4) is 0 Å². The van der Waals surface area contributed by atoms with Gasteiger partial charge < -0.3 is 9.47 Å². The van der Waals surface area contributed by atoms with E-state index in [9.17, 15) is 14.0 Å². The number of ether oxygens (including phenoxy) is 2. The summed E-state index contributed by atoms with van der Waals surface area (Å²) in [6, 6.07) is 0. The lowest BCUT2D eigenvalue weighted by molar-refractivity contribution is 0.0316. The molecule has 1 aromatic rings. The summed E-state index contributed by atoms with van der Waals surface area (Å²) in [5.74, 6) is -1.02. The van der Waals surface area contributed by atoms with E-state index in [2.05, 4.69) is 0 Å². The summed E-state index contributed by atoms with van der Waals surface area (Å²) in [5.41, 5.74) is -1.74. The molecular weight excluding hydrogens is 207 g/mol. The maximum absolute atomic E-state index is 12.8. The van der Waals surface area contributed by atoms with E-state index >= 15 is 0 Å². The molecule has 0 aliphatic carbocycles. The standard InChI is InChI=1S/C8H11FN2O4/c1-14-2-3-15-5-11-4-6(9)7(12)10-8(11)13/h4H,2-3,5H2,1H3,(H,10,12,13). The third-order valence-corrected chi connectivity index (χ3v) is 1.63. The second-order valence-electron chi connectivity index (χ2n) is 2.74. The molecule has 0 atom stereocenters. The fourth-order valence-electron chi connectivity index (χ4n) is 0.884. The molecule has 0 bridgehead atoms. The second kappa shape index (κ2) is 5.42. The summed E-state index contributed by atoms with van der Waals surface area (Å²) in [5, 5.41) is 0. The smallest absolute Gasteiger partial charge is 0.330 e. The van der Waals surface area contributed by atoms with E-state index in [1.165, 1.54) is 7.11 Å². The van der Waals surface area contributed by atoms with Crippen molar-refractivity contribution < 1.29 is 13.9 Å². The number of nitrogens with one attached hydrogen (secondary N) is 1. The van der Waals surface area contributed by atoms with Crippen molar-refractivity contribution in [3.05, 3.63) is 32.9 Å². The number of halogens is 1. The third kappa shape index (κ3) is 3.30. The Kier molecular flexibility index (Phi) is 4.19. The van der Waals surface area contributed by atoms with Crippen molar-refractivity contribution in [3.8, 4) is 0 Å². The molecular formula is C8H11FN2O4. The lowest BCUT2D eigenvalue weighted by Gasteiger charge is -2.05. The lowest BCUT2D eigenvalue weighted by Crippen LogP contribution is -2.32. The quantitative estimate of drug-likeness (QED) is 0.663. The minimum absolute atomic E-state index is 0.129. The van der Waals surface area contributed by atoms with Crippen molar-refractivity contribution in [1.29, 1.82) is 0 Å². The third-order valence-electron chi connectivity index (χ3n) is 1.63. The lowest BCUT2D eigenvalue weighted by atomic mass is 10.6. The number of hydrogen-bond acceptors (Lipinski definition) is 4. The zero-order chi connectivity index (χ0) is 11.3. The Labute approximate surface area is 84.3 Å². The van der Waals surface area contributed by atoms with E-state index in [1.807, 2.05) is 4.98 Å². The maximum atomic E-state index is 12.8. The first-order valence-electron chi connectivity index (χ1n) is 4.21. The van der Waals surface area contributed by atoms with Gasteiger partial charge in [0, 0.05) is 7.11 Å². The Bertz CT molecular complexity index is 425. The molecule has 1 aromatic heterocycles. The van der Waals surface area contributed by atoms with Crippen molar-refractivity contribution in [2.75, 3.05) is 20.3 Å². The summed E-state index contributed by atoms with van der Waals surface area (Å²) < 4.78 is 23.4. The molecule has 1 rings (SSSR count). The molecule has 1 N–H and O–H groups in total. The van der Waals surface area contributed by atoms with E-state index < -0.39 is 17.1 Å². The Morgan fingerprint density at radius 2 is 2.20 bits per heavy atom. The fraction of sp³-hybridized carbons (Fsp3) is 0.500. The zero-order valence-electron chi connectivity index (χ0n) is 8.16. The molecule has 84 valence electrons. The molecule has 0 aromatic carbocycles. The van der Waals surface area contributed by atoms with E-state index in [1.54, 1.807) is 0 Å². The number of hydrogen-bond donors (Lipinski definition) is 1. The zero-order valence-corrected chi connectivity index (χ0v) is 8.16. The van der Waals surface area contributed by atoms with Crippen LogP contribution in [0, 0.1) is 5.82 Å². The van der Waals surface area contributed by atoms with Gasteiger partial charge >= 0.3 is 5.69 Å². The minimum Gasteiger partial charge on any atom is -0.382 e. The maximum Gasteiger partial charge on any atom is 0.330 e. The van der Waals surface area contributed by atoms with E-state index in [0.717, 1.165) is 10.8 Å². The molecule has 0 amide bonds. The van der Waals surface area contributed by atoms with Crippen LogP contribution in [0.1, 0.15) is 0 Å². The summed E-state index contributed by atoms with van der Waals surface area (Å²) in [4.78, 5) is 23.6. The summed E-state index contributed by atoms with van der Waals surface area (Å²) in [6.07, 6.45) is 0.800. The van der Waals surface area contributed by atoms with Gasteiger partial charge in [-0.3, -0.25) is 14.3 Å². The van der Waals surface area contributed by atoms with Crippen molar-refractivity contribution in [2.45, 2.75) is 6.73 Å². The highest BCUT2D eigenvalue weighted by Gasteiger charge is 2.02. The highest BCUT2D eigenvalue weighted by Crippen LogP contribution is 1.86. The van der Waals surface area contributed by atoms with Gasteiger partial charge in [0.1, 0.15) is 6.73 Å². The highest BCUT2D eigenvalue weighted by molar-refractivity contribution is 4.86. The molecule has 0 aliphatic heterocycles. The van der Waals surface area contributed by atoms with Crippen LogP contribution in [0.2, 0.25) is 0 Å². The number of rotatable bonds is 5. The van der Waals surface area contributed by atoms with Crippen LogP contribution < -0.4 is 11.2 Å². The van der Waals surface area contributed by atoms with Crippen LogP contribution in [0.4, 0.5) is 4.39 Å². The van der Waals surface area contributed by atoms with Gasteiger partial charge in [0.2, 0.25) is 5.82 Å². The fourth-order valence-corrected chi connectivity index (χ4v) is 0.884. The van der Waals surface area contributed by atoms with Crippen LogP contribution in [0.25, 0.3) is 0 Å². The van der Waals surface area contributed by atoms with Gasteiger partial charge in [-0.2, -0.15) is 4.39 Å². The Hall–Kier alpha value is -1.47. The first kappa shape index (κ1) is 11.6. The highest BCUT2D eigenvalue weighted by atomic mass is 19.1.